The molecular formula is C20H20N6O2. The monoisotopic (exact) mass is 376 g/mol. The number of nitrogens with one attached hydrogen (secondary N) is 1. The van der Waals surface area contributed by atoms with Gasteiger partial charge in [-0.3, -0.25) is 10.1 Å². The first-order chi connectivity index (χ1) is 13.4. The summed E-state index contributed by atoms with van der Waals surface area (Å²) in [6.07, 6.45) is 1.50. The van der Waals surface area contributed by atoms with E-state index in [2.05, 4.69) is 20.5 Å². The van der Waals surface area contributed by atoms with Crippen LogP contribution >= 0.6 is 0 Å². The molecule has 142 valence electrons. The Hall–Kier alpha value is -3.81. The maximum Gasteiger partial charge on any atom is 0.293 e. The number of nitro groups is 1. The second-order valence-corrected chi connectivity index (χ2v) is 6.35. The summed E-state index contributed by atoms with van der Waals surface area (Å²) in [6.45, 7) is 1.88. The topological polar surface area (TPSA) is 96.5 Å². The van der Waals surface area contributed by atoms with Gasteiger partial charge in [-0.2, -0.15) is 5.10 Å². The highest BCUT2D eigenvalue weighted by molar-refractivity contribution is 5.83. The number of hydrazone groups is 1. The molecule has 3 aromatic rings. The third-order valence-corrected chi connectivity index (χ3v) is 3.98. The number of aromatic nitrogens is 2. The summed E-state index contributed by atoms with van der Waals surface area (Å²) in [5.41, 5.74) is 6.52. The highest BCUT2D eigenvalue weighted by Gasteiger charge is 2.15. The van der Waals surface area contributed by atoms with E-state index >= 15 is 0 Å². The number of benzene rings is 2. The fraction of sp³-hybridized carbons (Fsp3) is 0.150. The maximum atomic E-state index is 11.3. The molecular weight excluding hydrogens is 356 g/mol. The van der Waals surface area contributed by atoms with Crippen molar-refractivity contribution in [1.82, 2.24) is 9.97 Å². The first kappa shape index (κ1) is 19.0. The molecule has 28 heavy (non-hydrogen) atoms. The van der Waals surface area contributed by atoms with Crippen LogP contribution in [0, 0.1) is 17.0 Å². The maximum absolute atomic E-state index is 11.3. The van der Waals surface area contributed by atoms with E-state index in [0.717, 1.165) is 17.0 Å². The van der Waals surface area contributed by atoms with Gasteiger partial charge >= 0.3 is 0 Å². The van der Waals surface area contributed by atoms with Crippen molar-refractivity contribution in [3.8, 4) is 11.3 Å². The van der Waals surface area contributed by atoms with Crippen molar-refractivity contribution < 1.29 is 4.92 Å². The van der Waals surface area contributed by atoms with Crippen LogP contribution in [0.4, 0.5) is 17.3 Å². The number of anilines is 2. The molecule has 1 N–H and O–H groups in total. The van der Waals surface area contributed by atoms with Gasteiger partial charge in [0, 0.05) is 37.0 Å². The van der Waals surface area contributed by atoms with Gasteiger partial charge in [0.15, 0.2) is 0 Å². The minimum Gasteiger partial charge on any atom is -0.372 e. The van der Waals surface area contributed by atoms with E-state index in [0.29, 0.717) is 17.2 Å². The van der Waals surface area contributed by atoms with Crippen LogP contribution in [-0.2, 0) is 0 Å². The zero-order valence-electron chi connectivity index (χ0n) is 15.8. The molecule has 0 atom stereocenters. The molecule has 2 aromatic carbocycles. The third kappa shape index (κ3) is 4.47. The lowest BCUT2D eigenvalue weighted by Gasteiger charge is -2.12. The molecule has 1 aromatic heterocycles. The average Bonchev–Trinajstić information content (AvgIpc) is 2.68. The number of hydrogen-bond donors (Lipinski definition) is 1. The van der Waals surface area contributed by atoms with Crippen molar-refractivity contribution in [1.29, 1.82) is 0 Å². The van der Waals surface area contributed by atoms with E-state index < -0.39 is 4.92 Å². The van der Waals surface area contributed by atoms with Crippen molar-refractivity contribution in [3.63, 3.8) is 0 Å². The number of nitro benzene ring substituents is 1. The van der Waals surface area contributed by atoms with Crippen molar-refractivity contribution in [2.45, 2.75) is 6.92 Å². The Kier molecular flexibility index (Phi) is 5.59. The quantitative estimate of drug-likeness (QED) is 0.398. The smallest absolute Gasteiger partial charge is 0.293 e. The van der Waals surface area contributed by atoms with Gasteiger partial charge in [0.1, 0.15) is 5.69 Å². The summed E-state index contributed by atoms with van der Waals surface area (Å²) in [5.74, 6) is 0.356. The molecule has 0 bridgehead atoms. The number of aryl methyl sites for hydroxylation is 1. The van der Waals surface area contributed by atoms with Gasteiger partial charge in [-0.05, 0) is 19.1 Å². The van der Waals surface area contributed by atoms with Crippen LogP contribution in [0.25, 0.3) is 11.3 Å². The lowest BCUT2D eigenvalue weighted by atomic mass is 10.1. The van der Waals surface area contributed by atoms with Crippen LogP contribution in [0.15, 0.2) is 59.7 Å². The van der Waals surface area contributed by atoms with Gasteiger partial charge in [0.2, 0.25) is 5.95 Å². The Morgan fingerprint density at radius 2 is 1.86 bits per heavy atom. The molecule has 0 aliphatic heterocycles. The molecule has 3 rings (SSSR count). The molecule has 0 aliphatic carbocycles. The van der Waals surface area contributed by atoms with Crippen LogP contribution in [0.5, 0.6) is 0 Å². The number of rotatable bonds is 6. The summed E-state index contributed by atoms with van der Waals surface area (Å²) >= 11 is 0. The summed E-state index contributed by atoms with van der Waals surface area (Å²) in [4.78, 5) is 21.4. The molecule has 0 amide bonds. The highest BCUT2D eigenvalue weighted by atomic mass is 16.6. The van der Waals surface area contributed by atoms with Gasteiger partial charge < -0.3 is 4.90 Å². The fourth-order valence-corrected chi connectivity index (χ4v) is 2.69. The summed E-state index contributed by atoms with van der Waals surface area (Å²) in [7, 11) is 3.52. The van der Waals surface area contributed by atoms with Crippen LogP contribution in [0.2, 0.25) is 0 Å². The number of nitrogens with zero attached hydrogens (tertiary/aromatic N) is 5. The Morgan fingerprint density at radius 3 is 2.54 bits per heavy atom. The number of hydrogen-bond acceptors (Lipinski definition) is 7. The first-order valence-electron chi connectivity index (χ1n) is 8.60. The Bertz CT molecular complexity index is 1020. The highest BCUT2D eigenvalue weighted by Crippen LogP contribution is 2.27. The molecule has 1 heterocycles. The van der Waals surface area contributed by atoms with E-state index in [9.17, 15) is 10.1 Å². The van der Waals surface area contributed by atoms with Crippen molar-refractivity contribution in [2.75, 3.05) is 24.4 Å². The largest absolute Gasteiger partial charge is 0.372 e. The lowest BCUT2D eigenvalue weighted by molar-refractivity contribution is -0.384. The van der Waals surface area contributed by atoms with E-state index in [1.54, 1.807) is 31.1 Å². The standard InChI is InChI=1S/C20H20N6O2/c1-14-11-17(16-7-5-4-6-8-16)23-20(22-14)24-21-13-15-9-10-18(25(2)3)19(12-15)26(27)28/h4-13H,1-3H3,(H,22,23,24). The van der Waals surface area contributed by atoms with Crippen LogP contribution in [0.1, 0.15) is 11.3 Å². The molecule has 0 saturated heterocycles. The summed E-state index contributed by atoms with van der Waals surface area (Å²) in [5, 5.41) is 15.4. The molecule has 0 spiro atoms. The van der Waals surface area contributed by atoms with Gasteiger partial charge in [0.05, 0.1) is 16.8 Å². The van der Waals surface area contributed by atoms with Crippen molar-refractivity contribution in [3.05, 3.63) is 76.0 Å². The van der Waals surface area contributed by atoms with E-state index in [1.165, 1.54) is 12.3 Å². The van der Waals surface area contributed by atoms with E-state index in [-0.39, 0.29) is 5.69 Å². The fourth-order valence-electron chi connectivity index (χ4n) is 2.69. The first-order valence-corrected chi connectivity index (χ1v) is 8.60. The molecule has 0 aliphatic rings. The minimum atomic E-state index is -0.407. The molecule has 8 heteroatoms. The molecule has 0 saturated carbocycles. The normalized spacial score (nSPS) is 10.8. The van der Waals surface area contributed by atoms with Crippen LogP contribution in [0.3, 0.4) is 0 Å². The Balaban J connectivity index is 1.81. The van der Waals surface area contributed by atoms with Gasteiger partial charge in [-0.15, -0.1) is 0 Å². The third-order valence-electron chi connectivity index (χ3n) is 3.98. The summed E-state index contributed by atoms with van der Waals surface area (Å²) in [6, 6.07) is 16.6. The predicted molar refractivity (Wildman–Crippen MR) is 111 cm³/mol. The second-order valence-electron chi connectivity index (χ2n) is 6.35. The van der Waals surface area contributed by atoms with Crippen molar-refractivity contribution in [2.24, 2.45) is 5.10 Å². The predicted octanol–water partition coefficient (Wildman–Crippen LogP) is 3.87. The van der Waals surface area contributed by atoms with Gasteiger partial charge in [0.25, 0.3) is 5.69 Å². The van der Waals surface area contributed by atoms with Crippen LogP contribution in [-0.4, -0.2) is 35.2 Å². The van der Waals surface area contributed by atoms with E-state index in [1.807, 2.05) is 43.3 Å². The van der Waals surface area contributed by atoms with Gasteiger partial charge in [-0.1, -0.05) is 36.4 Å². The SMILES string of the molecule is Cc1cc(-c2ccccc2)nc(NN=Cc2ccc(N(C)C)c([N+](=O)[O-])c2)n1. The minimum absolute atomic E-state index is 0.0205. The molecule has 0 fully saturated rings. The zero-order valence-corrected chi connectivity index (χ0v) is 15.8. The molecule has 0 radical (unpaired) electrons. The van der Waals surface area contributed by atoms with Gasteiger partial charge in [-0.25, -0.2) is 15.4 Å². The summed E-state index contributed by atoms with van der Waals surface area (Å²) < 4.78 is 0. The van der Waals surface area contributed by atoms with Crippen LogP contribution < -0.4 is 10.3 Å². The average molecular weight is 376 g/mol. The van der Waals surface area contributed by atoms with Crippen molar-refractivity contribution >= 4 is 23.5 Å². The molecule has 8 nitrogen and oxygen atoms in total. The Labute approximate surface area is 162 Å². The zero-order chi connectivity index (χ0) is 20.1. The second kappa shape index (κ2) is 8.26. The lowest BCUT2D eigenvalue weighted by Crippen LogP contribution is -2.11. The Morgan fingerprint density at radius 1 is 1.11 bits per heavy atom. The van der Waals surface area contributed by atoms with E-state index in [4.69, 9.17) is 0 Å². The molecule has 0 unspecified atom stereocenters.